The molecule has 1 aliphatic heterocycles. The molecule has 2 heterocycles. The molecule has 1 aliphatic rings. The second-order valence-corrected chi connectivity index (χ2v) is 5.12. The number of carbonyl (C=O) groups excluding carboxylic acids is 2. The zero-order valence-electron chi connectivity index (χ0n) is 13.7. The van der Waals surface area contributed by atoms with E-state index in [1.54, 1.807) is 19.1 Å². The minimum atomic E-state index is -0.650. The molecule has 2 amide bonds. The van der Waals surface area contributed by atoms with Crippen LogP contribution in [0.3, 0.4) is 0 Å². The van der Waals surface area contributed by atoms with Gasteiger partial charge in [0.1, 0.15) is 11.8 Å². The monoisotopic (exact) mass is 321 g/mol. The summed E-state index contributed by atoms with van der Waals surface area (Å²) < 4.78 is 10.6. The Kier molecular flexibility index (Phi) is 5.81. The van der Waals surface area contributed by atoms with Crippen molar-refractivity contribution in [2.75, 3.05) is 26.2 Å². The molecule has 0 unspecified atom stereocenters. The maximum absolute atomic E-state index is 12.4. The molecule has 0 bridgehead atoms. The predicted molar refractivity (Wildman–Crippen MR) is 84.6 cm³/mol. The highest BCUT2D eigenvalue weighted by molar-refractivity contribution is 5.95. The number of hydrogen-bond acceptors (Lipinski definition) is 5. The van der Waals surface area contributed by atoms with Gasteiger partial charge in [0.25, 0.3) is 0 Å². The summed E-state index contributed by atoms with van der Waals surface area (Å²) in [5, 5.41) is 5.47. The van der Waals surface area contributed by atoms with E-state index < -0.39 is 12.0 Å². The summed E-state index contributed by atoms with van der Waals surface area (Å²) in [6.45, 7) is 8.16. The van der Waals surface area contributed by atoms with Crippen molar-refractivity contribution in [1.82, 2.24) is 15.5 Å². The second-order valence-electron chi connectivity index (χ2n) is 5.12. The van der Waals surface area contributed by atoms with Gasteiger partial charge in [-0.15, -0.1) is 0 Å². The minimum absolute atomic E-state index is 0.264. The average Bonchev–Trinajstić information content (AvgIpc) is 3.06. The van der Waals surface area contributed by atoms with Gasteiger partial charge in [0.15, 0.2) is 0 Å². The van der Waals surface area contributed by atoms with E-state index in [4.69, 9.17) is 9.15 Å². The molecule has 23 heavy (non-hydrogen) atoms. The summed E-state index contributed by atoms with van der Waals surface area (Å²) in [4.78, 5) is 26.6. The third kappa shape index (κ3) is 3.92. The van der Waals surface area contributed by atoms with Crippen LogP contribution in [0.2, 0.25) is 0 Å². The Morgan fingerprint density at radius 2 is 2.09 bits per heavy atom. The number of carbonyl (C=O) groups is 2. The van der Waals surface area contributed by atoms with E-state index in [-0.39, 0.29) is 12.6 Å². The smallest absolute Gasteiger partial charge is 0.338 e. The van der Waals surface area contributed by atoms with Crippen molar-refractivity contribution in [3.63, 3.8) is 0 Å². The van der Waals surface area contributed by atoms with Gasteiger partial charge in [-0.3, -0.25) is 4.90 Å². The maximum Gasteiger partial charge on any atom is 0.338 e. The topological polar surface area (TPSA) is 83.8 Å². The first-order valence-corrected chi connectivity index (χ1v) is 7.84. The standard InChI is InChI=1S/C16H23N3O4/c1-4-19(5-2)10-11-13(15(20)22-6-3)14(18-16(21)17-11)12-8-7-9-23-12/h7-9,14H,4-6,10H2,1-3H3,(H2,17,18,21)/t14-/m1/s1. The van der Waals surface area contributed by atoms with Gasteiger partial charge in [-0.1, -0.05) is 13.8 Å². The SMILES string of the molecule is CCOC(=O)C1=C(CN(CC)CC)NC(=O)N[C@@H]1c1ccco1. The van der Waals surface area contributed by atoms with E-state index >= 15 is 0 Å². The van der Waals surface area contributed by atoms with Crippen LogP contribution in [-0.4, -0.2) is 43.1 Å². The summed E-state index contributed by atoms with van der Waals surface area (Å²) in [5.74, 6) is 0.0449. The lowest BCUT2D eigenvalue weighted by Gasteiger charge is -2.30. The van der Waals surface area contributed by atoms with Gasteiger partial charge in [0, 0.05) is 12.2 Å². The van der Waals surface area contributed by atoms with Crippen molar-refractivity contribution >= 4 is 12.0 Å². The Morgan fingerprint density at radius 3 is 2.65 bits per heavy atom. The van der Waals surface area contributed by atoms with E-state index in [1.807, 2.05) is 13.8 Å². The summed E-state index contributed by atoms with van der Waals surface area (Å²) in [5.41, 5.74) is 0.936. The molecule has 0 radical (unpaired) electrons. The quantitative estimate of drug-likeness (QED) is 0.748. The molecular weight excluding hydrogens is 298 g/mol. The molecule has 0 aliphatic carbocycles. The van der Waals surface area contributed by atoms with Crippen LogP contribution in [0.4, 0.5) is 4.79 Å². The Hall–Kier alpha value is -2.28. The lowest BCUT2D eigenvalue weighted by atomic mass is 10.00. The Labute approximate surface area is 135 Å². The highest BCUT2D eigenvalue weighted by Gasteiger charge is 2.35. The number of urea groups is 1. The summed E-state index contributed by atoms with van der Waals surface area (Å²) in [6, 6.07) is 2.44. The molecular formula is C16H23N3O4. The third-order valence-electron chi connectivity index (χ3n) is 3.75. The number of nitrogens with one attached hydrogen (secondary N) is 2. The number of furan rings is 1. The molecule has 0 aromatic carbocycles. The summed E-state index contributed by atoms with van der Waals surface area (Å²) in [7, 11) is 0. The first kappa shape index (κ1) is 17.1. The Bertz CT molecular complexity index is 576. The normalized spacial score (nSPS) is 17.9. The molecule has 1 aromatic heterocycles. The predicted octanol–water partition coefficient (Wildman–Crippen LogP) is 1.79. The molecule has 0 saturated heterocycles. The number of amides is 2. The van der Waals surface area contributed by atoms with Crippen LogP contribution in [0.15, 0.2) is 34.1 Å². The average molecular weight is 321 g/mol. The van der Waals surface area contributed by atoms with Gasteiger partial charge >= 0.3 is 12.0 Å². The highest BCUT2D eigenvalue weighted by Crippen LogP contribution is 2.28. The largest absolute Gasteiger partial charge is 0.467 e. The Morgan fingerprint density at radius 1 is 1.35 bits per heavy atom. The third-order valence-corrected chi connectivity index (χ3v) is 3.75. The van der Waals surface area contributed by atoms with Gasteiger partial charge in [-0.25, -0.2) is 9.59 Å². The van der Waals surface area contributed by atoms with E-state index in [0.29, 0.717) is 23.6 Å². The molecule has 1 aromatic rings. The van der Waals surface area contributed by atoms with Crippen LogP contribution in [0.5, 0.6) is 0 Å². The van der Waals surface area contributed by atoms with Crippen molar-refractivity contribution in [1.29, 1.82) is 0 Å². The first-order valence-electron chi connectivity index (χ1n) is 7.84. The fourth-order valence-corrected chi connectivity index (χ4v) is 2.53. The number of esters is 1. The number of hydrogen-bond donors (Lipinski definition) is 2. The second kappa shape index (κ2) is 7.82. The van der Waals surface area contributed by atoms with Gasteiger partial charge < -0.3 is 19.8 Å². The number of likely N-dealkylation sites (N-methyl/N-ethyl adjacent to an activating group) is 1. The zero-order chi connectivity index (χ0) is 16.8. The summed E-state index contributed by atoms with van der Waals surface area (Å²) >= 11 is 0. The zero-order valence-corrected chi connectivity index (χ0v) is 13.7. The lowest BCUT2D eigenvalue weighted by Crippen LogP contribution is -2.48. The fourth-order valence-electron chi connectivity index (χ4n) is 2.53. The van der Waals surface area contributed by atoms with Gasteiger partial charge in [-0.05, 0) is 32.1 Å². The van der Waals surface area contributed by atoms with Crippen LogP contribution in [0.25, 0.3) is 0 Å². The summed E-state index contributed by atoms with van der Waals surface area (Å²) in [6.07, 6.45) is 1.51. The molecule has 0 saturated carbocycles. The molecule has 0 spiro atoms. The van der Waals surface area contributed by atoms with Gasteiger partial charge in [0.05, 0.1) is 18.4 Å². The molecule has 7 nitrogen and oxygen atoms in total. The maximum atomic E-state index is 12.4. The minimum Gasteiger partial charge on any atom is -0.467 e. The number of nitrogens with zero attached hydrogens (tertiary/aromatic N) is 1. The molecule has 1 atom stereocenters. The van der Waals surface area contributed by atoms with Crippen molar-refractivity contribution in [3.05, 3.63) is 35.4 Å². The van der Waals surface area contributed by atoms with E-state index in [2.05, 4.69) is 15.5 Å². The van der Waals surface area contributed by atoms with Crippen LogP contribution in [0.1, 0.15) is 32.6 Å². The number of ether oxygens (including phenoxy) is 1. The van der Waals surface area contributed by atoms with Crippen LogP contribution < -0.4 is 10.6 Å². The molecule has 2 rings (SSSR count). The highest BCUT2D eigenvalue weighted by atomic mass is 16.5. The van der Waals surface area contributed by atoms with E-state index in [9.17, 15) is 9.59 Å². The van der Waals surface area contributed by atoms with E-state index in [1.165, 1.54) is 6.26 Å². The molecule has 7 heteroatoms. The fraction of sp³-hybridized carbons (Fsp3) is 0.500. The molecule has 126 valence electrons. The van der Waals surface area contributed by atoms with Crippen LogP contribution >= 0.6 is 0 Å². The van der Waals surface area contributed by atoms with Crippen LogP contribution in [0, 0.1) is 0 Å². The Balaban J connectivity index is 2.43. The van der Waals surface area contributed by atoms with Crippen molar-refractivity contribution in [2.24, 2.45) is 0 Å². The van der Waals surface area contributed by atoms with Gasteiger partial charge in [-0.2, -0.15) is 0 Å². The van der Waals surface area contributed by atoms with Crippen LogP contribution in [-0.2, 0) is 9.53 Å². The number of rotatable bonds is 7. The lowest BCUT2D eigenvalue weighted by molar-refractivity contribution is -0.139. The molecule has 2 N–H and O–H groups in total. The van der Waals surface area contributed by atoms with Crippen molar-refractivity contribution in [3.8, 4) is 0 Å². The first-order chi connectivity index (χ1) is 11.1. The van der Waals surface area contributed by atoms with Crippen molar-refractivity contribution < 1.29 is 18.7 Å². The van der Waals surface area contributed by atoms with E-state index in [0.717, 1.165) is 13.1 Å². The molecule has 0 fully saturated rings. The van der Waals surface area contributed by atoms with Crippen molar-refractivity contribution in [2.45, 2.75) is 26.8 Å². The van der Waals surface area contributed by atoms with Gasteiger partial charge in [0.2, 0.25) is 0 Å².